The van der Waals surface area contributed by atoms with Gasteiger partial charge in [0.1, 0.15) is 0 Å². The van der Waals surface area contributed by atoms with Crippen LogP contribution in [-0.4, -0.2) is 28.9 Å². The van der Waals surface area contributed by atoms with Crippen LogP contribution in [0.5, 0.6) is 0 Å². The van der Waals surface area contributed by atoms with Gasteiger partial charge in [0, 0.05) is 13.0 Å². The number of para-hydroxylation sites is 1. The van der Waals surface area contributed by atoms with Gasteiger partial charge < -0.3 is 15.7 Å². The molecule has 90 valence electrons. The molecular formula is C11H11ClN2O3. The number of nitrogen functional groups attached to an aromatic ring is 1. The number of nitrogens with two attached hydrogens (primary N) is 1. The van der Waals surface area contributed by atoms with E-state index in [0.717, 1.165) is 0 Å². The molecule has 17 heavy (non-hydrogen) atoms. The molecule has 2 rings (SSSR count). The molecule has 0 bridgehead atoms. The van der Waals surface area contributed by atoms with Crippen LogP contribution in [-0.2, 0) is 4.79 Å². The number of nitrogens with zero attached hydrogens (tertiary/aromatic N) is 1. The number of anilines is 2. The number of rotatable bonds is 2. The highest BCUT2D eigenvalue weighted by atomic mass is 35.5. The molecule has 0 aliphatic carbocycles. The first-order valence-electron chi connectivity index (χ1n) is 5.07. The van der Waals surface area contributed by atoms with E-state index in [-0.39, 0.29) is 41.2 Å². The maximum atomic E-state index is 11.7. The van der Waals surface area contributed by atoms with Gasteiger partial charge in [0.05, 0.1) is 22.3 Å². The predicted molar refractivity (Wildman–Crippen MR) is 64.4 cm³/mol. The molecule has 1 heterocycles. The van der Waals surface area contributed by atoms with E-state index < -0.39 is 5.97 Å². The minimum Gasteiger partial charge on any atom is -0.478 e. The van der Waals surface area contributed by atoms with Gasteiger partial charge in [-0.2, -0.15) is 0 Å². The third kappa shape index (κ3) is 2.06. The van der Waals surface area contributed by atoms with Crippen LogP contribution in [0.1, 0.15) is 16.8 Å². The SMILES string of the molecule is Nc1cccc(C(=O)O)c1N1CC(Cl)CC1=O. The number of aromatic carboxylic acids is 1. The Kier molecular flexibility index (Phi) is 2.93. The Morgan fingerprint density at radius 1 is 1.53 bits per heavy atom. The fraction of sp³-hybridized carbons (Fsp3) is 0.273. The molecule has 1 fully saturated rings. The average molecular weight is 255 g/mol. The van der Waals surface area contributed by atoms with E-state index in [4.69, 9.17) is 22.4 Å². The van der Waals surface area contributed by atoms with Crippen LogP contribution >= 0.6 is 11.6 Å². The molecule has 1 saturated heterocycles. The minimum atomic E-state index is -1.11. The number of carbonyl (C=O) groups is 2. The van der Waals surface area contributed by atoms with E-state index in [0.29, 0.717) is 0 Å². The molecule has 1 atom stereocenters. The number of amides is 1. The lowest BCUT2D eigenvalue weighted by Gasteiger charge is -2.20. The van der Waals surface area contributed by atoms with Crippen molar-refractivity contribution in [2.75, 3.05) is 17.2 Å². The second-order valence-electron chi connectivity index (χ2n) is 3.85. The molecule has 1 aliphatic rings. The standard InChI is InChI=1S/C11H11ClN2O3/c12-6-4-9(15)14(5-6)10-7(11(16)17)2-1-3-8(10)13/h1-3,6H,4-5,13H2,(H,16,17). The van der Waals surface area contributed by atoms with Crippen LogP contribution < -0.4 is 10.6 Å². The quantitative estimate of drug-likeness (QED) is 0.616. The number of hydrogen-bond acceptors (Lipinski definition) is 3. The second kappa shape index (κ2) is 4.25. The molecule has 1 aromatic rings. The monoisotopic (exact) mass is 254 g/mol. The van der Waals surface area contributed by atoms with E-state index in [1.165, 1.54) is 11.0 Å². The zero-order valence-corrected chi connectivity index (χ0v) is 9.65. The summed E-state index contributed by atoms with van der Waals surface area (Å²) in [7, 11) is 0. The summed E-state index contributed by atoms with van der Waals surface area (Å²) in [6.45, 7) is 0.287. The van der Waals surface area contributed by atoms with E-state index >= 15 is 0 Å². The van der Waals surface area contributed by atoms with Gasteiger partial charge in [-0.1, -0.05) is 6.07 Å². The Morgan fingerprint density at radius 2 is 2.24 bits per heavy atom. The Hall–Kier alpha value is -1.75. The van der Waals surface area contributed by atoms with E-state index in [1.807, 2.05) is 0 Å². The van der Waals surface area contributed by atoms with Crippen molar-refractivity contribution in [3.63, 3.8) is 0 Å². The molecular weight excluding hydrogens is 244 g/mol. The first-order chi connectivity index (χ1) is 8.00. The lowest BCUT2D eigenvalue weighted by Crippen LogP contribution is -2.27. The van der Waals surface area contributed by atoms with Gasteiger partial charge in [-0.3, -0.25) is 4.79 Å². The summed E-state index contributed by atoms with van der Waals surface area (Å²) in [5, 5.41) is 8.77. The Morgan fingerprint density at radius 3 is 2.76 bits per heavy atom. The maximum Gasteiger partial charge on any atom is 0.337 e. The highest BCUT2D eigenvalue weighted by Crippen LogP contribution is 2.32. The fourth-order valence-corrected chi connectivity index (χ4v) is 2.19. The number of benzene rings is 1. The van der Waals surface area contributed by atoms with Crippen molar-refractivity contribution in [2.45, 2.75) is 11.8 Å². The number of carbonyl (C=O) groups excluding carboxylic acids is 1. The van der Waals surface area contributed by atoms with Gasteiger partial charge in [0.25, 0.3) is 0 Å². The van der Waals surface area contributed by atoms with Gasteiger partial charge in [-0.25, -0.2) is 4.79 Å². The number of hydrogen-bond donors (Lipinski definition) is 2. The second-order valence-corrected chi connectivity index (χ2v) is 4.47. The van der Waals surface area contributed by atoms with E-state index in [2.05, 4.69) is 0 Å². The predicted octanol–water partition coefficient (Wildman–Crippen LogP) is 1.31. The molecule has 1 aromatic carbocycles. The van der Waals surface area contributed by atoms with Crippen LogP contribution in [0.25, 0.3) is 0 Å². The highest BCUT2D eigenvalue weighted by molar-refractivity contribution is 6.24. The molecule has 6 heteroatoms. The van der Waals surface area contributed by atoms with Crippen LogP contribution in [0.3, 0.4) is 0 Å². The Bertz CT molecular complexity index is 490. The average Bonchev–Trinajstić information content (AvgIpc) is 2.57. The van der Waals surface area contributed by atoms with Gasteiger partial charge >= 0.3 is 5.97 Å². The molecule has 0 aromatic heterocycles. The first-order valence-corrected chi connectivity index (χ1v) is 5.50. The summed E-state index contributed by atoms with van der Waals surface area (Å²) in [5.41, 5.74) is 6.28. The fourth-order valence-electron chi connectivity index (χ4n) is 1.92. The first kappa shape index (κ1) is 11.7. The van der Waals surface area contributed by atoms with Gasteiger partial charge in [-0.15, -0.1) is 11.6 Å². The van der Waals surface area contributed by atoms with Crippen molar-refractivity contribution in [2.24, 2.45) is 0 Å². The summed E-state index contributed by atoms with van der Waals surface area (Å²) in [4.78, 5) is 24.1. The van der Waals surface area contributed by atoms with Crippen LogP contribution in [0.4, 0.5) is 11.4 Å². The number of alkyl halides is 1. The lowest BCUT2D eigenvalue weighted by molar-refractivity contribution is -0.117. The normalized spacial score (nSPS) is 19.7. The Balaban J connectivity index is 2.51. The zero-order valence-electron chi connectivity index (χ0n) is 8.89. The van der Waals surface area contributed by atoms with Crippen LogP contribution in [0.2, 0.25) is 0 Å². The molecule has 1 aliphatic heterocycles. The summed E-state index contributed by atoms with van der Waals surface area (Å²) < 4.78 is 0. The molecule has 0 spiro atoms. The molecule has 0 radical (unpaired) electrons. The number of carboxylic acids is 1. The smallest absolute Gasteiger partial charge is 0.337 e. The largest absolute Gasteiger partial charge is 0.478 e. The third-order valence-electron chi connectivity index (χ3n) is 2.65. The van der Waals surface area contributed by atoms with E-state index in [1.54, 1.807) is 12.1 Å². The lowest BCUT2D eigenvalue weighted by atomic mass is 10.1. The topological polar surface area (TPSA) is 83.6 Å². The summed E-state index contributed by atoms with van der Waals surface area (Å²) >= 11 is 5.89. The van der Waals surface area contributed by atoms with Crippen molar-refractivity contribution in [1.82, 2.24) is 0 Å². The number of halogens is 1. The van der Waals surface area contributed by atoms with Crippen LogP contribution in [0, 0.1) is 0 Å². The van der Waals surface area contributed by atoms with Crippen molar-refractivity contribution < 1.29 is 14.7 Å². The van der Waals surface area contributed by atoms with Crippen molar-refractivity contribution in [1.29, 1.82) is 0 Å². The summed E-state index contributed by atoms with van der Waals surface area (Å²) in [5.74, 6) is -1.32. The van der Waals surface area contributed by atoms with Gasteiger partial charge in [0.15, 0.2) is 0 Å². The third-order valence-corrected chi connectivity index (χ3v) is 2.94. The van der Waals surface area contributed by atoms with Gasteiger partial charge in [0.2, 0.25) is 5.91 Å². The van der Waals surface area contributed by atoms with Crippen LogP contribution in [0.15, 0.2) is 18.2 Å². The van der Waals surface area contributed by atoms with Crippen molar-refractivity contribution in [3.8, 4) is 0 Å². The maximum absolute atomic E-state index is 11.7. The van der Waals surface area contributed by atoms with E-state index in [9.17, 15) is 9.59 Å². The highest BCUT2D eigenvalue weighted by Gasteiger charge is 2.32. The molecule has 0 saturated carbocycles. The summed E-state index contributed by atoms with van der Waals surface area (Å²) in [6, 6.07) is 4.53. The zero-order chi connectivity index (χ0) is 12.6. The Labute approximate surface area is 103 Å². The molecule has 1 amide bonds. The summed E-state index contributed by atoms with van der Waals surface area (Å²) in [6.07, 6.45) is 0.203. The molecule has 3 N–H and O–H groups in total. The minimum absolute atomic E-state index is 0.0177. The molecule has 5 nitrogen and oxygen atoms in total. The van der Waals surface area contributed by atoms with Crippen molar-refractivity contribution in [3.05, 3.63) is 23.8 Å². The van der Waals surface area contributed by atoms with Crippen molar-refractivity contribution >= 4 is 34.9 Å². The number of carboxylic acid groups (broad SMARTS) is 1. The van der Waals surface area contributed by atoms with Gasteiger partial charge in [-0.05, 0) is 12.1 Å². The molecule has 1 unspecified atom stereocenters.